The molecule has 0 aliphatic carbocycles. The summed E-state index contributed by atoms with van der Waals surface area (Å²) in [7, 11) is 0. The Balaban J connectivity index is 1.32. The van der Waals surface area contributed by atoms with Gasteiger partial charge in [0.2, 0.25) is 0 Å². The molecule has 0 radical (unpaired) electrons. The summed E-state index contributed by atoms with van der Waals surface area (Å²) in [5, 5.41) is 29.4. The Morgan fingerprint density at radius 3 is 1.29 bits per heavy atom. The van der Waals surface area contributed by atoms with Crippen LogP contribution in [-0.2, 0) is 0 Å². The minimum absolute atomic E-state index is 0.173. The van der Waals surface area contributed by atoms with Crippen molar-refractivity contribution in [2.45, 2.75) is 0 Å². The molecule has 0 fully saturated rings. The number of rotatable bonds is 5. The molecule has 3 heterocycles. The Morgan fingerprint density at radius 2 is 0.806 bits per heavy atom. The summed E-state index contributed by atoms with van der Waals surface area (Å²) < 4.78 is 24.9. The third-order valence-electron chi connectivity index (χ3n) is 12.1. The van der Waals surface area contributed by atoms with Gasteiger partial charge >= 0.3 is 0 Å². The summed E-state index contributed by atoms with van der Waals surface area (Å²) in [4.78, 5) is 0. The zero-order valence-electron chi connectivity index (χ0n) is 32.9. The SMILES string of the molecule is N#Cc1c(F)c(-c2ccccc2)c(-n2c3c(ccc4c5ccccc5sc43)c3ccc4c5ccccc5sc4c32)c(C#N)c1-c1cc(-c2ccccc2)cc(-c2ccccc2)c1. The number of hydrogen-bond acceptors (Lipinski definition) is 4. The molecule has 0 atom stereocenters. The minimum Gasteiger partial charge on any atom is -0.304 e. The average molecular weight is 828 g/mol. The van der Waals surface area contributed by atoms with E-state index in [2.05, 4.69) is 95.6 Å². The molecule has 0 unspecified atom stereocenters. The van der Waals surface area contributed by atoms with Gasteiger partial charge in [0.15, 0.2) is 5.82 Å². The maximum absolute atomic E-state index is 18.3. The zero-order chi connectivity index (χ0) is 41.5. The van der Waals surface area contributed by atoms with Crippen molar-refractivity contribution in [3.05, 3.63) is 199 Å². The predicted molar refractivity (Wildman–Crippen MR) is 258 cm³/mol. The predicted octanol–water partition coefficient (Wildman–Crippen LogP) is 16.1. The van der Waals surface area contributed by atoms with Crippen LogP contribution >= 0.6 is 22.7 Å². The molecule has 3 nitrogen and oxygen atoms in total. The van der Waals surface area contributed by atoms with Gasteiger partial charge in [-0.1, -0.05) is 152 Å². The third-order valence-corrected chi connectivity index (χ3v) is 14.5. The fourth-order valence-corrected chi connectivity index (χ4v) is 11.9. The van der Waals surface area contributed by atoms with Crippen LogP contribution in [0.5, 0.6) is 0 Å². The van der Waals surface area contributed by atoms with Crippen molar-refractivity contribution in [3.8, 4) is 62.3 Å². The van der Waals surface area contributed by atoms with Gasteiger partial charge in [-0.15, -0.1) is 22.7 Å². The third kappa shape index (κ3) is 5.31. The number of halogens is 1. The van der Waals surface area contributed by atoms with Crippen LogP contribution in [0.3, 0.4) is 0 Å². The first kappa shape index (κ1) is 36.0. The zero-order valence-corrected chi connectivity index (χ0v) is 34.5. The first-order valence-electron chi connectivity index (χ1n) is 20.3. The lowest BCUT2D eigenvalue weighted by atomic mass is 9.85. The molecular weight excluding hydrogens is 798 g/mol. The van der Waals surface area contributed by atoms with Crippen molar-refractivity contribution in [3.63, 3.8) is 0 Å². The maximum atomic E-state index is 18.3. The number of fused-ring (bicyclic) bond motifs is 11. The Hall–Kier alpha value is -7.87. The molecule has 0 amide bonds. The van der Waals surface area contributed by atoms with Gasteiger partial charge in [-0.25, -0.2) is 4.39 Å². The van der Waals surface area contributed by atoms with Crippen molar-refractivity contribution < 1.29 is 4.39 Å². The van der Waals surface area contributed by atoms with Gasteiger partial charge < -0.3 is 4.57 Å². The molecule has 12 aromatic rings. The van der Waals surface area contributed by atoms with E-state index in [9.17, 15) is 10.5 Å². The Morgan fingerprint density at radius 1 is 0.387 bits per heavy atom. The molecule has 0 spiro atoms. The van der Waals surface area contributed by atoms with Crippen molar-refractivity contribution in [1.82, 2.24) is 4.57 Å². The highest BCUT2D eigenvalue weighted by Crippen LogP contribution is 2.51. The molecule has 0 N–H and O–H groups in total. The van der Waals surface area contributed by atoms with Crippen molar-refractivity contribution >= 4 is 84.8 Å². The van der Waals surface area contributed by atoms with Crippen LogP contribution in [0.15, 0.2) is 182 Å². The highest BCUT2D eigenvalue weighted by atomic mass is 32.1. The van der Waals surface area contributed by atoms with Crippen LogP contribution in [-0.4, -0.2) is 4.57 Å². The number of nitriles is 2. The van der Waals surface area contributed by atoms with Gasteiger partial charge in [0.1, 0.15) is 12.1 Å². The number of aromatic nitrogens is 1. The van der Waals surface area contributed by atoms with Crippen LogP contribution in [0, 0.1) is 28.5 Å². The van der Waals surface area contributed by atoms with Gasteiger partial charge in [-0.05, 0) is 63.7 Å². The summed E-state index contributed by atoms with van der Waals surface area (Å²) in [6, 6.07) is 66.0. The quantitative estimate of drug-likeness (QED) is 0.174. The lowest BCUT2D eigenvalue weighted by Crippen LogP contribution is -2.08. The minimum atomic E-state index is -0.670. The summed E-state index contributed by atoms with van der Waals surface area (Å²) in [5.74, 6) is -0.670. The number of benzene rings is 9. The van der Waals surface area contributed by atoms with Crippen LogP contribution in [0.2, 0.25) is 0 Å². The van der Waals surface area contributed by atoms with Gasteiger partial charge in [0.05, 0.1) is 37.2 Å². The summed E-state index contributed by atoms with van der Waals surface area (Å²) in [5.41, 5.74) is 7.59. The molecule has 0 aliphatic rings. The molecular formula is C56H30FN3S2. The number of thiophene rings is 2. The summed E-state index contributed by atoms with van der Waals surface area (Å²) >= 11 is 3.41. The molecule has 6 heteroatoms. The van der Waals surface area contributed by atoms with Crippen LogP contribution in [0.4, 0.5) is 4.39 Å². The first-order chi connectivity index (χ1) is 30.6. The summed E-state index contributed by atoms with van der Waals surface area (Å²) in [6.45, 7) is 0. The van der Waals surface area contributed by atoms with Crippen molar-refractivity contribution in [2.75, 3.05) is 0 Å². The van der Waals surface area contributed by atoms with E-state index in [1.54, 1.807) is 22.7 Å². The maximum Gasteiger partial charge on any atom is 0.151 e. The van der Waals surface area contributed by atoms with Crippen LogP contribution in [0.25, 0.3) is 112 Å². The van der Waals surface area contributed by atoms with E-state index >= 15 is 4.39 Å². The normalized spacial score (nSPS) is 11.6. The number of nitrogens with zero attached hydrogens (tertiary/aromatic N) is 3. The molecule has 9 aromatic carbocycles. The second kappa shape index (κ2) is 14.1. The van der Waals surface area contributed by atoms with E-state index in [-0.39, 0.29) is 22.3 Å². The monoisotopic (exact) mass is 827 g/mol. The molecule has 288 valence electrons. The lowest BCUT2D eigenvalue weighted by Gasteiger charge is -2.22. The van der Waals surface area contributed by atoms with E-state index < -0.39 is 5.82 Å². The molecule has 0 saturated carbocycles. The summed E-state index contributed by atoms with van der Waals surface area (Å²) in [6.07, 6.45) is 0. The van der Waals surface area contributed by atoms with E-state index in [1.807, 2.05) is 103 Å². The largest absolute Gasteiger partial charge is 0.304 e. The fourth-order valence-electron chi connectivity index (χ4n) is 9.43. The van der Waals surface area contributed by atoms with Crippen LogP contribution in [0.1, 0.15) is 11.1 Å². The molecule has 0 aliphatic heterocycles. The molecule has 3 aromatic heterocycles. The Kier molecular flexibility index (Phi) is 8.20. The topological polar surface area (TPSA) is 52.5 Å². The van der Waals surface area contributed by atoms with Crippen molar-refractivity contribution in [1.29, 1.82) is 10.5 Å². The van der Waals surface area contributed by atoms with Gasteiger partial charge in [-0.3, -0.25) is 0 Å². The highest BCUT2D eigenvalue weighted by molar-refractivity contribution is 7.27. The van der Waals surface area contributed by atoms with Gasteiger partial charge in [0.25, 0.3) is 0 Å². The van der Waals surface area contributed by atoms with Crippen LogP contribution < -0.4 is 0 Å². The first-order valence-corrected chi connectivity index (χ1v) is 21.9. The molecule has 62 heavy (non-hydrogen) atoms. The highest BCUT2D eigenvalue weighted by Gasteiger charge is 2.31. The second-order valence-corrected chi connectivity index (χ2v) is 17.6. The second-order valence-electron chi connectivity index (χ2n) is 15.5. The lowest BCUT2D eigenvalue weighted by molar-refractivity contribution is 0.627. The fraction of sp³-hybridized carbons (Fsp3) is 0. The molecule has 12 rings (SSSR count). The van der Waals surface area contributed by atoms with Crippen molar-refractivity contribution in [2.24, 2.45) is 0 Å². The molecule has 0 bridgehead atoms. The Bertz CT molecular complexity index is 3700. The van der Waals surface area contributed by atoms with Gasteiger partial charge in [-0.2, -0.15) is 10.5 Å². The average Bonchev–Trinajstić information content (AvgIpc) is 4.01. The molecule has 0 saturated heterocycles. The standard InChI is InChI=1S/C56H30FN3S2/c57-51-45(31-58)49(38-29-36(33-14-4-1-5-15-33)28-37(30-38)34-16-6-2-7-17-34)46(32-59)52(50(51)35-18-8-3-9-19-35)60-53-41(24-26-43-39-20-10-12-22-47(39)61-55(43)53)42-25-27-44-40-21-11-13-23-48(40)62-56(44)54(42)60/h1-30H. The Labute approximate surface area is 363 Å². The number of hydrogen-bond donors (Lipinski definition) is 0. The smallest absolute Gasteiger partial charge is 0.151 e. The van der Waals surface area contributed by atoms with E-state index in [0.717, 1.165) is 84.4 Å². The van der Waals surface area contributed by atoms with Gasteiger partial charge in [0, 0.05) is 52.8 Å². The van der Waals surface area contributed by atoms with E-state index in [1.165, 1.54) is 0 Å². The van der Waals surface area contributed by atoms with E-state index in [0.29, 0.717) is 16.8 Å². The van der Waals surface area contributed by atoms with E-state index in [4.69, 9.17) is 0 Å².